The van der Waals surface area contributed by atoms with E-state index in [0.29, 0.717) is 19.6 Å². The molecule has 0 spiro atoms. The Kier molecular flexibility index (Phi) is 6.40. The van der Waals surface area contributed by atoms with Crippen molar-refractivity contribution >= 4 is 11.8 Å². The molecular weight excluding hydrogens is 375 g/mol. The van der Waals surface area contributed by atoms with Crippen LogP contribution in [0.3, 0.4) is 0 Å². The Hall–Kier alpha value is -2.06. The highest BCUT2D eigenvalue weighted by Crippen LogP contribution is 2.32. The number of carbonyl (C=O) groups is 2. The van der Waals surface area contributed by atoms with E-state index in [1.165, 1.54) is 12.1 Å². The van der Waals surface area contributed by atoms with E-state index in [0.717, 1.165) is 64.7 Å². The molecule has 1 aromatic heterocycles. The van der Waals surface area contributed by atoms with Crippen LogP contribution in [0.25, 0.3) is 0 Å². The minimum atomic E-state index is -0.456. The minimum absolute atomic E-state index is 0.0299. The summed E-state index contributed by atoms with van der Waals surface area (Å²) >= 11 is 0. The number of rotatable bonds is 6. The van der Waals surface area contributed by atoms with Crippen molar-refractivity contribution in [2.45, 2.75) is 31.7 Å². The molecule has 2 saturated heterocycles. The van der Waals surface area contributed by atoms with Gasteiger partial charge in [0.25, 0.3) is 5.91 Å². The third-order valence-corrected chi connectivity index (χ3v) is 6.04. The maximum absolute atomic E-state index is 13.1. The number of piperidine rings is 1. The van der Waals surface area contributed by atoms with Gasteiger partial charge in [-0.25, -0.2) is 9.37 Å². The van der Waals surface area contributed by atoms with E-state index in [-0.39, 0.29) is 29.5 Å². The van der Waals surface area contributed by atoms with Gasteiger partial charge in [0.05, 0.1) is 19.4 Å². The number of amides is 2. The Labute approximate surface area is 170 Å². The smallest absolute Gasteiger partial charge is 0.272 e. The van der Waals surface area contributed by atoms with Crippen LogP contribution < -0.4 is 0 Å². The standard InChI is InChI=1S/C21H29FN4O3/c22-17-5-6-19(23-14-17)21(28)25-7-1-2-18(15-25)26(20(27)16-3-4-16)9-8-24-10-12-29-13-11-24/h5-6,14,16,18H,1-4,7-13,15H2. The zero-order valence-electron chi connectivity index (χ0n) is 16.8. The number of likely N-dealkylation sites (tertiary alicyclic amines) is 1. The quantitative estimate of drug-likeness (QED) is 0.717. The van der Waals surface area contributed by atoms with Gasteiger partial charge < -0.3 is 14.5 Å². The molecule has 4 rings (SSSR count). The number of nitrogens with zero attached hydrogens (tertiary/aromatic N) is 4. The number of ether oxygens (including phenoxy) is 1. The average molecular weight is 404 g/mol. The van der Waals surface area contributed by atoms with Crippen LogP contribution in [0.15, 0.2) is 18.3 Å². The summed E-state index contributed by atoms with van der Waals surface area (Å²) in [6.45, 7) is 5.97. The van der Waals surface area contributed by atoms with Gasteiger partial charge in [-0.3, -0.25) is 14.5 Å². The molecular formula is C21H29FN4O3. The normalized spacial score (nSPS) is 23.1. The van der Waals surface area contributed by atoms with E-state index in [1.54, 1.807) is 4.90 Å². The molecule has 1 atom stereocenters. The molecule has 0 N–H and O–H groups in total. The molecule has 1 aromatic rings. The molecule has 0 aromatic carbocycles. The molecule has 0 radical (unpaired) electrons. The summed E-state index contributed by atoms with van der Waals surface area (Å²) in [6, 6.07) is 2.71. The number of hydrogen-bond donors (Lipinski definition) is 0. The highest BCUT2D eigenvalue weighted by atomic mass is 19.1. The zero-order valence-corrected chi connectivity index (χ0v) is 16.8. The minimum Gasteiger partial charge on any atom is -0.379 e. The van der Waals surface area contributed by atoms with Crippen molar-refractivity contribution in [3.63, 3.8) is 0 Å². The van der Waals surface area contributed by atoms with E-state index in [2.05, 4.69) is 9.88 Å². The molecule has 29 heavy (non-hydrogen) atoms. The van der Waals surface area contributed by atoms with E-state index < -0.39 is 5.82 Å². The summed E-state index contributed by atoms with van der Waals surface area (Å²) in [4.78, 5) is 35.8. The topological polar surface area (TPSA) is 66.0 Å². The van der Waals surface area contributed by atoms with Crippen LogP contribution in [-0.2, 0) is 9.53 Å². The lowest BCUT2D eigenvalue weighted by atomic mass is 10.0. The first-order valence-electron chi connectivity index (χ1n) is 10.6. The molecule has 2 amide bonds. The summed E-state index contributed by atoms with van der Waals surface area (Å²) in [5.41, 5.74) is 0.250. The monoisotopic (exact) mass is 404 g/mol. The van der Waals surface area contributed by atoms with Crippen molar-refractivity contribution in [3.05, 3.63) is 29.8 Å². The second-order valence-corrected chi connectivity index (χ2v) is 8.17. The Morgan fingerprint density at radius 2 is 1.97 bits per heavy atom. The van der Waals surface area contributed by atoms with Gasteiger partial charge in [0.15, 0.2) is 0 Å². The van der Waals surface area contributed by atoms with Crippen LogP contribution in [0, 0.1) is 11.7 Å². The predicted octanol–water partition coefficient (Wildman–Crippen LogP) is 1.40. The van der Waals surface area contributed by atoms with E-state index in [9.17, 15) is 14.0 Å². The maximum atomic E-state index is 13.1. The van der Waals surface area contributed by atoms with Gasteiger partial charge in [-0.05, 0) is 37.8 Å². The first-order valence-corrected chi connectivity index (χ1v) is 10.6. The lowest BCUT2D eigenvalue weighted by Gasteiger charge is -2.40. The summed E-state index contributed by atoms with van der Waals surface area (Å²) in [7, 11) is 0. The first-order chi connectivity index (χ1) is 14.1. The van der Waals surface area contributed by atoms with Gasteiger partial charge in [0.1, 0.15) is 11.5 Å². The van der Waals surface area contributed by atoms with Crippen molar-refractivity contribution in [3.8, 4) is 0 Å². The maximum Gasteiger partial charge on any atom is 0.272 e. The van der Waals surface area contributed by atoms with Crippen molar-refractivity contribution in [2.75, 3.05) is 52.5 Å². The third-order valence-electron chi connectivity index (χ3n) is 6.04. The molecule has 0 bridgehead atoms. The molecule has 8 heteroatoms. The Morgan fingerprint density at radius 3 is 2.66 bits per heavy atom. The second kappa shape index (κ2) is 9.17. The predicted molar refractivity (Wildman–Crippen MR) is 105 cm³/mol. The Morgan fingerprint density at radius 1 is 1.17 bits per heavy atom. The van der Waals surface area contributed by atoms with Gasteiger partial charge in [0.2, 0.25) is 5.91 Å². The molecule has 2 aliphatic heterocycles. The number of halogens is 1. The summed E-state index contributed by atoms with van der Waals surface area (Å²) in [5.74, 6) is -0.258. The molecule has 3 heterocycles. The molecule has 1 aliphatic carbocycles. The van der Waals surface area contributed by atoms with Crippen molar-refractivity contribution in [2.24, 2.45) is 5.92 Å². The second-order valence-electron chi connectivity index (χ2n) is 8.17. The molecule has 1 saturated carbocycles. The van der Waals surface area contributed by atoms with Gasteiger partial charge in [-0.2, -0.15) is 0 Å². The number of hydrogen-bond acceptors (Lipinski definition) is 5. The number of carbonyl (C=O) groups excluding carboxylic acids is 2. The van der Waals surface area contributed by atoms with Crippen LogP contribution in [0.5, 0.6) is 0 Å². The van der Waals surface area contributed by atoms with Crippen LogP contribution in [0.4, 0.5) is 4.39 Å². The van der Waals surface area contributed by atoms with Crippen LogP contribution in [0.1, 0.15) is 36.2 Å². The van der Waals surface area contributed by atoms with Crippen LogP contribution in [-0.4, -0.2) is 90.0 Å². The van der Waals surface area contributed by atoms with Crippen molar-refractivity contribution < 1.29 is 18.7 Å². The van der Waals surface area contributed by atoms with Crippen LogP contribution >= 0.6 is 0 Å². The Balaban J connectivity index is 1.41. The number of pyridine rings is 1. The fraction of sp³-hybridized carbons (Fsp3) is 0.667. The lowest BCUT2D eigenvalue weighted by molar-refractivity contribution is -0.136. The lowest BCUT2D eigenvalue weighted by Crippen LogP contribution is -2.54. The number of morpholine rings is 1. The average Bonchev–Trinajstić information content (AvgIpc) is 3.60. The van der Waals surface area contributed by atoms with E-state index in [4.69, 9.17) is 4.74 Å². The zero-order chi connectivity index (χ0) is 20.2. The first kappa shape index (κ1) is 20.2. The highest BCUT2D eigenvalue weighted by Gasteiger charge is 2.38. The van der Waals surface area contributed by atoms with Gasteiger partial charge >= 0.3 is 0 Å². The van der Waals surface area contributed by atoms with Gasteiger partial charge in [0, 0.05) is 51.2 Å². The molecule has 3 aliphatic rings. The number of aromatic nitrogens is 1. The molecule has 7 nitrogen and oxygen atoms in total. The van der Waals surface area contributed by atoms with E-state index in [1.807, 2.05) is 4.90 Å². The van der Waals surface area contributed by atoms with Crippen molar-refractivity contribution in [1.82, 2.24) is 19.7 Å². The van der Waals surface area contributed by atoms with Crippen molar-refractivity contribution in [1.29, 1.82) is 0 Å². The fourth-order valence-corrected chi connectivity index (χ4v) is 4.17. The molecule has 158 valence electrons. The summed E-state index contributed by atoms with van der Waals surface area (Å²) < 4.78 is 18.5. The van der Waals surface area contributed by atoms with Gasteiger partial charge in [-0.15, -0.1) is 0 Å². The Bertz CT molecular complexity index is 719. The largest absolute Gasteiger partial charge is 0.379 e. The van der Waals surface area contributed by atoms with Crippen LogP contribution in [0.2, 0.25) is 0 Å². The summed E-state index contributed by atoms with van der Waals surface area (Å²) in [6.07, 6.45) is 4.77. The molecule has 1 unspecified atom stereocenters. The molecule has 3 fully saturated rings. The highest BCUT2D eigenvalue weighted by molar-refractivity contribution is 5.92. The van der Waals surface area contributed by atoms with Gasteiger partial charge in [-0.1, -0.05) is 0 Å². The third kappa shape index (κ3) is 5.11. The summed E-state index contributed by atoms with van der Waals surface area (Å²) in [5, 5.41) is 0. The fourth-order valence-electron chi connectivity index (χ4n) is 4.17. The SMILES string of the molecule is O=C(c1ccc(F)cn1)N1CCCC(N(CCN2CCOCC2)C(=O)C2CC2)C1. The van der Waals surface area contributed by atoms with E-state index >= 15 is 0 Å².